The van der Waals surface area contributed by atoms with Gasteiger partial charge >= 0.3 is 0 Å². The van der Waals surface area contributed by atoms with E-state index in [4.69, 9.17) is 16.2 Å². The summed E-state index contributed by atoms with van der Waals surface area (Å²) in [7, 11) is 1.49. The number of benzene rings is 1. The monoisotopic (exact) mass is 182 g/mol. The molecule has 4 nitrogen and oxygen atoms in total. The Hall–Kier alpha value is -1.26. The van der Waals surface area contributed by atoms with Gasteiger partial charge in [0.1, 0.15) is 0 Å². The highest BCUT2D eigenvalue weighted by Crippen LogP contribution is 2.27. The second-order valence-electron chi connectivity index (χ2n) is 2.77. The number of phenols is 1. The van der Waals surface area contributed by atoms with E-state index in [-0.39, 0.29) is 11.8 Å². The highest BCUT2D eigenvalue weighted by atomic mass is 16.5. The Morgan fingerprint density at radius 1 is 1.54 bits per heavy atom. The molecule has 0 saturated heterocycles. The maximum atomic E-state index is 9.29. The summed E-state index contributed by atoms with van der Waals surface area (Å²) in [4.78, 5) is 0. The highest BCUT2D eigenvalue weighted by Gasteiger charge is 2.07. The Bertz CT molecular complexity index is 289. The third-order valence-corrected chi connectivity index (χ3v) is 1.89. The molecular weight excluding hydrogens is 168 g/mol. The van der Waals surface area contributed by atoms with Gasteiger partial charge in [-0.05, 0) is 17.7 Å². The zero-order valence-corrected chi connectivity index (χ0v) is 7.53. The van der Waals surface area contributed by atoms with Crippen molar-refractivity contribution in [2.45, 2.75) is 6.04 Å². The lowest BCUT2D eigenvalue weighted by Crippen LogP contribution is -2.20. The van der Waals surface area contributed by atoms with Crippen molar-refractivity contribution in [2.75, 3.05) is 13.7 Å². The summed E-state index contributed by atoms with van der Waals surface area (Å²) in [5, 5.41) is 9.29. The maximum Gasteiger partial charge on any atom is 0.160 e. The van der Waals surface area contributed by atoms with E-state index < -0.39 is 0 Å². The predicted octanol–water partition coefficient (Wildman–Crippen LogP) is 0.359. The van der Waals surface area contributed by atoms with Gasteiger partial charge in [-0.2, -0.15) is 0 Å². The van der Waals surface area contributed by atoms with Gasteiger partial charge in [-0.1, -0.05) is 6.07 Å². The molecular formula is C9H14N2O2. The molecule has 1 rings (SSSR count). The van der Waals surface area contributed by atoms with Crippen LogP contribution in [-0.4, -0.2) is 18.8 Å². The third kappa shape index (κ3) is 2.11. The molecule has 0 bridgehead atoms. The van der Waals surface area contributed by atoms with Gasteiger partial charge in [-0.25, -0.2) is 0 Å². The van der Waals surface area contributed by atoms with Crippen molar-refractivity contribution in [1.82, 2.24) is 0 Å². The minimum absolute atomic E-state index is 0.107. The van der Waals surface area contributed by atoms with Crippen LogP contribution in [0.25, 0.3) is 0 Å². The van der Waals surface area contributed by atoms with Gasteiger partial charge in [0.05, 0.1) is 7.11 Å². The molecule has 0 unspecified atom stereocenters. The quantitative estimate of drug-likeness (QED) is 0.630. The Morgan fingerprint density at radius 2 is 2.23 bits per heavy atom. The molecule has 13 heavy (non-hydrogen) atoms. The summed E-state index contributed by atoms with van der Waals surface area (Å²) in [5.41, 5.74) is 12.0. The summed E-state index contributed by atoms with van der Waals surface area (Å²) in [5.74, 6) is 0.525. The molecule has 1 aromatic carbocycles. The van der Waals surface area contributed by atoms with Crippen LogP contribution in [0.15, 0.2) is 18.2 Å². The first-order valence-electron chi connectivity index (χ1n) is 4.01. The molecule has 0 aromatic heterocycles. The minimum atomic E-state index is -0.213. The number of rotatable bonds is 3. The van der Waals surface area contributed by atoms with Crippen LogP contribution in [0.4, 0.5) is 0 Å². The molecule has 72 valence electrons. The molecule has 0 aliphatic heterocycles. The maximum absolute atomic E-state index is 9.29. The van der Waals surface area contributed by atoms with E-state index in [0.29, 0.717) is 12.3 Å². The van der Waals surface area contributed by atoms with Crippen molar-refractivity contribution < 1.29 is 9.84 Å². The van der Waals surface area contributed by atoms with Crippen LogP contribution in [0.5, 0.6) is 11.5 Å². The summed E-state index contributed by atoms with van der Waals surface area (Å²) >= 11 is 0. The molecule has 0 aliphatic rings. The molecule has 0 heterocycles. The van der Waals surface area contributed by atoms with E-state index in [1.807, 2.05) is 0 Å². The number of nitrogens with two attached hydrogens (primary N) is 2. The van der Waals surface area contributed by atoms with E-state index in [9.17, 15) is 5.11 Å². The van der Waals surface area contributed by atoms with Crippen molar-refractivity contribution in [3.63, 3.8) is 0 Å². The number of phenolic OH excluding ortho intramolecular Hbond substituents is 1. The van der Waals surface area contributed by atoms with E-state index in [0.717, 1.165) is 5.56 Å². The number of methoxy groups -OCH3 is 1. The number of hydrogen-bond donors (Lipinski definition) is 3. The van der Waals surface area contributed by atoms with Crippen LogP contribution in [0.1, 0.15) is 11.6 Å². The van der Waals surface area contributed by atoms with Crippen molar-refractivity contribution in [3.8, 4) is 11.5 Å². The summed E-state index contributed by atoms with van der Waals surface area (Å²) in [6, 6.07) is 4.75. The van der Waals surface area contributed by atoms with Crippen LogP contribution in [-0.2, 0) is 0 Å². The summed E-state index contributed by atoms with van der Waals surface area (Å²) in [6.07, 6.45) is 0. The topological polar surface area (TPSA) is 81.5 Å². The Balaban J connectivity index is 2.99. The predicted molar refractivity (Wildman–Crippen MR) is 50.6 cm³/mol. The average Bonchev–Trinajstić information content (AvgIpc) is 2.17. The third-order valence-electron chi connectivity index (χ3n) is 1.89. The van der Waals surface area contributed by atoms with Crippen molar-refractivity contribution >= 4 is 0 Å². The first-order chi connectivity index (χ1) is 6.19. The fourth-order valence-corrected chi connectivity index (χ4v) is 1.06. The lowest BCUT2D eigenvalue weighted by molar-refractivity contribution is 0.372. The van der Waals surface area contributed by atoms with E-state index in [1.165, 1.54) is 7.11 Å². The zero-order chi connectivity index (χ0) is 9.84. The SMILES string of the molecule is COc1cc([C@H](N)CN)ccc1O. The number of ether oxygens (including phenoxy) is 1. The standard InChI is InChI=1S/C9H14N2O2/c1-13-9-4-6(7(11)5-10)2-3-8(9)12/h2-4,7,12H,5,10-11H2,1H3/t7-/m1/s1. The van der Waals surface area contributed by atoms with Crippen LogP contribution < -0.4 is 16.2 Å². The average molecular weight is 182 g/mol. The van der Waals surface area contributed by atoms with Gasteiger partial charge in [0.25, 0.3) is 0 Å². The van der Waals surface area contributed by atoms with Gasteiger partial charge in [0.15, 0.2) is 11.5 Å². The van der Waals surface area contributed by atoms with Crippen LogP contribution >= 0.6 is 0 Å². The van der Waals surface area contributed by atoms with Gasteiger partial charge in [0, 0.05) is 12.6 Å². The Kier molecular flexibility index (Phi) is 3.11. The summed E-state index contributed by atoms with van der Waals surface area (Å²) < 4.78 is 4.93. The second kappa shape index (κ2) is 4.11. The highest BCUT2D eigenvalue weighted by molar-refractivity contribution is 5.42. The van der Waals surface area contributed by atoms with E-state index in [1.54, 1.807) is 18.2 Å². The molecule has 0 fully saturated rings. The molecule has 1 aromatic rings. The van der Waals surface area contributed by atoms with E-state index >= 15 is 0 Å². The van der Waals surface area contributed by atoms with Crippen molar-refractivity contribution in [1.29, 1.82) is 0 Å². The first kappa shape index (κ1) is 9.83. The van der Waals surface area contributed by atoms with Gasteiger partial charge in [0.2, 0.25) is 0 Å². The second-order valence-corrected chi connectivity index (χ2v) is 2.77. The molecule has 0 spiro atoms. The van der Waals surface area contributed by atoms with Gasteiger partial charge in [-0.15, -0.1) is 0 Å². The molecule has 4 heteroatoms. The lowest BCUT2D eigenvalue weighted by atomic mass is 10.1. The van der Waals surface area contributed by atoms with Crippen LogP contribution in [0.3, 0.4) is 0 Å². The van der Waals surface area contributed by atoms with Crippen LogP contribution in [0, 0.1) is 0 Å². The fraction of sp³-hybridized carbons (Fsp3) is 0.333. The molecule has 0 amide bonds. The minimum Gasteiger partial charge on any atom is -0.504 e. The Labute approximate surface area is 77.1 Å². The number of hydrogen-bond acceptors (Lipinski definition) is 4. The lowest BCUT2D eigenvalue weighted by Gasteiger charge is -2.11. The van der Waals surface area contributed by atoms with Crippen molar-refractivity contribution in [2.24, 2.45) is 11.5 Å². The molecule has 1 atom stereocenters. The van der Waals surface area contributed by atoms with E-state index in [2.05, 4.69) is 0 Å². The zero-order valence-electron chi connectivity index (χ0n) is 7.53. The molecule has 0 radical (unpaired) electrons. The van der Waals surface area contributed by atoms with Gasteiger partial charge < -0.3 is 21.3 Å². The van der Waals surface area contributed by atoms with Crippen LogP contribution in [0.2, 0.25) is 0 Å². The fourth-order valence-electron chi connectivity index (χ4n) is 1.06. The van der Waals surface area contributed by atoms with Crippen molar-refractivity contribution in [3.05, 3.63) is 23.8 Å². The smallest absolute Gasteiger partial charge is 0.160 e. The number of aromatic hydroxyl groups is 1. The largest absolute Gasteiger partial charge is 0.504 e. The Morgan fingerprint density at radius 3 is 2.77 bits per heavy atom. The molecule has 0 saturated carbocycles. The first-order valence-corrected chi connectivity index (χ1v) is 4.01. The normalized spacial score (nSPS) is 12.5. The van der Waals surface area contributed by atoms with Gasteiger partial charge in [-0.3, -0.25) is 0 Å². The summed E-state index contributed by atoms with van der Waals surface area (Å²) in [6.45, 7) is 0.369. The molecule has 5 N–H and O–H groups in total. The molecule has 0 aliphatic carbocycles.